The molecule has 170 valence electrons. The first kappa shape index (κ1) is 21.2. The quantitative estimate of drug-likeness (QED) is 0.766. The summed E-state index contributed by atoms with van der Waals surface area (Å²) >= 11 is 0. The second-order valence-corrected chi connectivity index (χ2v) is 9.09. The number of hydrogen-bond donors (Lipinski definition) is 1. The first-order valence-corrected chi connectivity index (χ1v) is 10.6. The van der Waals surface area contributed by atoms with Crippen molar-refractivity contribution in [3.8, 4) is 6.07 Å². The van der Waals surface area contributed by atoms with Gasteiger partial charge in [0.15, 0.2) is 0 Å². The number of fused-ring (bicyclic) bond motifs is 2. The number of carbonyl (C=O) groups excluding carboxylic acids is 2. The molecular formula is C22H22F3N3O4. The monoisotopic (exact) mass is 449 g/mol. The third kappa shape index (κ3) is 2.67. The first-order valence-electron chi connectivity index (χ1n) is 10.6. The molecule has 2 bridgehead atoms. The summed E-state index contributed by atoms with van der Waals surface area (Å²) in [5.41, 5.74) is -3.22. The van der Waals surface area contributed by atoms with E-state index in [0.717, 1.165) is 12.1 Å². The van der Waals surface area contributed by atoms with Gasteiger partial charge in [0.25, 0.3) is 0 Å². The Labute approximate surface area is 182 Å². The lowest BCUT2D eigenvalue weighted by Gasteiger charge is -2.43. The molecule has 1 aromatic rings. The molecule has 4 aliphatic rings. The molecule has 0 unspecified atom stereocenters. The summed E-state index contributed by atoms with van der Waals surface area (Å²) in [6, 6.07) is 4.45. The van der Waals surface area contributed by atoms with Crippen LogP contribution in [0, 0.1) is 23.2 Å². The molecule has 4 aliphatic heterocycles. The van der Waals surface area contributed by atoms with Gasteiger partial charge in [-0.3, -0.25) is 14.5 Å². The lowest BCUT2D eigenvalue weighted by atomic mass is 9.64. The van der Waals surface area contributed by atoms with E-state index in [4.69, 9.17) is 14.7 Å². The first-order chi connectivity index (χ1) is 15.1. The number of nitriles is 1. The number of alkyl halides is 3. The zero-order chi connectivity index (χ0) is 23.1. The van der Waals surface area contributed by atoms with Crippen molar-refractivity contribution >= 4 is 17.5 Å². The highest BCUT2D eigenvalue weighted by Crippen LogP contribution is 2.65. The highest BCUT2D eigenvalue weighted by atomic mass is 19.4. The molecule has 0 saturated carbocycles. The van der Waals surface area contributed by atoms with Crippen LogP contribution in [0.2, 0.25) is 0 Å². The van der Waals surface area contributed by atoms with Crippen LogP contribution in [0.15, 0.2) is 18.2 Å². The molecule has 6 atom stereocenters. The predicted molar refractivity (Wildman–Crippen MR) is 104 cm³/mol. The van der Waals surface area contributed by atoms with Gasteiger partial charge < -0.3 is 14.8 Å². The highest BCUT2D eigenvalue weighted by molar-refractivity contribution is 6.00. The van der Waals surface area contributed by atoms with Gasteiger partial charge in [0.1, 0.15) is 6.23 Å². The fraction of sp³-hybridized carbons (Fsp3) is 0.591. The van der Waals surface area contributed by atoms with Crippen molar-refractivity contribution in [3.05, 3.63) is 29.3 Å². The van der Waals surface area contributed by atoms with Crippen LogP contribution in [0.5, 0.6) is 0 Å². The van der Waals surface area contributed by atoms with E-state index in [0.29, 0.717) is 19.3 Å². The molecule has 0 aromatic heterocycles. The number of benzene rings is 1. The summed E-state index contributed by atoms with van der Waals surface area (Å²) in [6.45, 7) is 3.82. The fourth-order valence-corrected chi connectivity index (χ4v) is 6.13. The molecule has 4 heterocycles. The van der Waals surface area contributed by atoms with Gasteiger partial charge in [-0.15, -0.1) is 0 Å². The molecule has 1 N–H and O–H groups in total. The van der Waals surface area contributed by atoms with E-state index in [1.807, 2.05) is 0 Å². The number of nitrogens with one attached hydrogen (secondary N) is 1. The molecule has 2 amide bonds. The molecule has 10 heteroatoms. The summed E-state index contributed by atoms with van der Waals surface area (Å²) in [5, 5.41) is 12.1. The van der Waals surface area contributed by atoms with Gasteiger partial charge in [0.2, 0.25) is 11.8 Å². The van der Waals surface area contributed by atoms with Crippen molar-refractivity contribution in [2.45, 2.75) is 62.8 Å². The average Bonchev–Trinajstić information content (AvgIpc) is 3.30. The lowest BCUT2D eigenvalue weighted by Crippen LogP contribution is -2.57. The Kier molecular flexibility index (Phi) is 4.43. The van der Waals surface area contributed by atoms with E-state index >= 15 is 0 Å². The molecule has 1 aromatic carbocycles. The number of anilines is 1. The molecule has 4 saturated heterocycles. The Morgan fingerprint density at radius 2 is 2.16 bits per heavy atom. The summed E-state index contributed by atoms with van der Waals surface area (Å²) < 4.78 is 53.0. The van der Waals surface area contributed by atoms with Crippen LogP contribution < -0.4 is 10.2 Å². The Hall–Kier alpha value is -2.64. The van der Waals surface area contributed by atoms with Crippen LogP contribution in [-0.4, -0.2) is 41.9 Å². The number of hydrogen-bond acceptors (Lipinski definition) is 5. The van der Waals surface area contributed by atoms with Gasteiger partial charge in [-0.2, -0.15) is 18.4 Å². The van der Waals surface area contributed by atoms with Crippen molar-refractivity contribution < 1.29 is 32.2 Å². The van der Waals surface area contributed by atoms with E-state index < -0.39 is 40.7 Å². The van der Waals surface area contributed by atoms with Gasteiger partial charge >= 0.3 is 6.18 Å². The van der Waals surface area contributed by atoms with Crippen LogP contribution in [0.3, 0.4) is 0 Å². The van der Waals surface area contributed by atoms with Crippen LogP contribution in [0.4, 0.5) is 18.9 Å². The van der Waals surface area contributed by atoms with Crippen molar-refractivity contribution in [1.29, 1.82) is 5.26 Å². The zero-order valence-electron chi connectivity index (χ0n) is 17.5. The van der Waals surface area contributed by atoms with Crippen LogP contribution in [0.25, 0.3) is 0 Å². The third-order valence-corrected chi connectivity index (χ3v) is 7.49. The second-order valence-electron chi connectivity index (χ2n) is 9.09. The molecule has 0 aliphatic carbocycles. The summed E-state index contributed by atoms with van der Waals surface area (Å²) in [5.74, 6) is -1.55. The Bertz CT molecular complexity index is 1050. The summed E-state index contributed by atoms with van der Waals surface area (Å²) in [4.78, 5) is 27.0. The predicted octanol–water partition coefficient (Wildman–Crippen LogP) is 2.73. The molecule has 7 nitrogen and oxygen atoms in total. The minimum Gasteiger partial charge on any atom is -0.365 e. The van der Waals surface area contributed by atoms with Crippen LogP contribution >= 0.6 is 0 Å². The Balaban J connectivity index is 1.57. The molecule has 5 rings (SSSR count). The summed E-state index contributed by atoms with van der Waals surface area (Å²) in [6.07, 6.45) is -4.14. The van der Waals surface area contributed by atoms with E-state index in [-0.39, 0.29) is 36.1 Å². The van der Waals surface area contributed by atoms with Gasteiger partial charge in [0, 0.05) is 30.9 Å². The number of nitrogens with zero attached hydrogens (tertiary/aromatic N) is 2. The van der Waals surface area contributed by atoms with E-state index in [2.05, 4.69) is 5.32 Å². The van der Waals surface area contributed by atoms with Gasteiger partial charge in [-0.25, -0.2) is 0 Å². The zero-order valence-corrected chi connectivity index (χ0v) is 17.5. The second kappa shape index (κ2) is 6.68. The fourth-order valence-electron chi connectivity index (χ4n) is 6.13. The number of amides is 2. The van der Waals surface area contributed by atoms with Crippen molar-refractivity contribution in [3.63, 3.8) is 0 Å². The molecule has 1 spiro atoms. The largest absolute Gasteiger partial charge is 0.417 e. The van der Waals surface area contributed by atoms with Crippen molar-refractivity contribution in [2.24, 2.45) is 11.8 Å². The molecule has 4 fully saturated rings. The van der Waals surface area contributed by atoms with Crippen LogP contribution in [-0.2, 0) is 25.2 Å². The van der Waals surface area contributed by atoms with Crippen molar-refractivity contribution in [1.82, 2.24) is 5.32 Å². The molecular weight excluding hydrogens is 427 g/mol. The number of rotatable bonds is 3. The maximum absolute atomic E-state index is 13.6. The molecule has 0 radical (unpaired) electrons. The standard InChI is InChI=1S/C22H22F3N3O4/c1-3-15(29)27-14-9-21-6-7-31-19-17(21)16(20(14,2)32-21)18(30)28(19)12-5-4-11(10-26)13(8-12)22(23,24)25/h4-5,8,14,16-17,19H,3,6-7,9H2,1-2H3,(H,27,29)/t14-,16+,17-,19-,20+,21-/m0/s1. The number of carbonyl (C=O) groups is 2. The Morgan fingerprint density at radius 1 is 1.41 bits per heavy atom. The molecule has 32 heavy (non-hydrogen) atoms. The maximum Gasteiger partial charge on any atom is 0.417 e. The van der Waals surface area contributed by atoms with Gasteiger partial charge in [-0.1, -0.05) is 6.92 Å². The SMILES string of the molecule is CCC(=O)N[C@H]1C[C@@]23CCO[C@H]4[C@@H]2[C@H](C(=O)N4c2ccc(C#N)c(C(F)(F)F)c2)[C@]1(C)O3. The van der Waals surface area contributed by atoms with Crippen LogP contribution in [0.1, 0.15) is 44.2 Å². The normalized spacial score (nSPS) is 37.4. The minimum atomic E-state index is -4.74. The van der Waals surface area contributed by atoms with E-state index in [9.17, 15) is 22.8 Å². The maximum atomic E-state index is 13.6. The minimum absolute atomic E-state index is 0.0370. The van der Waals surface area contributed by atoms with E-state index in [1.54, 1.807) is 19.9 Å². The number of halogens is 3. The van der Waals surface area contributed by atoms with Crippen molar-refractivity contribution in [2.75, 3.05) is 11.5 Å². The smallest absolute Gasteiger partial charge is 0.365 e. The lowest BCUT2D eigenvalue weighted by molar-refractivity contribution is -0.141. The summed E-state index contributed by atoms with van der Waals surface area (Å²) in [7, 11) is 0. The number of ether oxygens (including phenoxy) is 2. The van der Waals surface area contributed by atoms with Gasteiger partial charge in [-0.05, 0) is 25.1 Å². The highest BCUT2D eigenvalue weighted by Gasteiger charge is 2.78. The average molecular weight is 449 g/mol. The van der Waals surface area contributed by atoms with E-state index in [1.165, 1.54) is 11.0 Å². The van der Waals surface area contributed by atoms with Gasteiger partial charge in [0.05, 0.1) is 47.0 Å². The third-order valence-electron chi connectivity index (χ3n) is 7.49. The topological polar surface area (TPSA) is 91.7 Å². The Morgan fingerprint density at radius 3 is 2.81 bits per heavy atom.